The average molecular weight is 1940 g/mol. The van der Waals surface area contributed by atoms with Crippen molar-refractivity contribution in [2.75, 3.05) is 87.9 Å². The summed E-state index contributed by atoms with van der Waals surface area (Å²) < 4.78 is 24.4. The Morgan fingerprint density at radius 2 is 0.543 bits per heavy atom. The average Bonchev–Trinajstić information content (AvgIpc) is 1.62. The number of fused-ring (bicyclic) bond motifs is 4. The van der Waals surface area contributed by atoms with E-state index in [-0.39, 0.29) is 99.5 Å². The van der Waals surface area contributed by atoms with E-state index in [0.29, 0.717) is 104 Å². The first-order valence-corrected chi connectivity index (χ1v) is 50.2. The van der Waals surface area contributed by atoms with Gasteiger partial charge in [-0.3, -0.25) is 57.5 Å². The van der Waals surface area contributed by atoms with Crippen molar-refractivity contribution in [1.82, 2.24) is 83.4 Å². The number of aryl methyl sites for hydroxylation is 4. The van der Waals surface area contributed by atoms with Crippen LogP contribution in [0.15, 0.2) is 97.1 Å². The van der Waals surface area contributed by atoms with Crippen LogP contribution in [0, 0.1) is 23.7 Å². The Labute approximate surface area is 830 Å². The Morgan fingerprint density at radius 3 is 0.771 bits per heavy atom. The first kappa shape index (κ1) is 115. The molecule has 0 bridgehead atoms. The summed E-state index contributed by atoms with van der Waals surface area (Å²) in [5.74, 6) is 7.43. The van der Waals surface area contributed by atoms with Crippen molar-refractivity contribution in [3.05, 3.63) is 142 Å². The molecule has 0 radical (unpaired) electrons. The molecule has 4 aliphatic heterocycles. The highest BCUT2D eigenvalue weighted by molar-refractivity contribution is 5.97. The first-order chi connectivity index (χ1) is 66.6. The Balaban J connectivity index is 0.000000332. The number of rotatable bonds is 41. The van der Waals surface area contributed by atoms with Gasteiger partial charge in [0.1, 0.15) is 61.5 Å². The number of carbonyl (C=O) groups excluding carboxylic acids is 12. The fourth-order valence-electron chi connectivity index (χ4n) is 19.8. The Kier molecular flexibility index (Phi) is 47.5. The van der Waals surface area contributed by atoms with Crippen LogP contribution in [0.4, 0.5) is 0 Å². The van der Waals surface area contributed by atoms with E-state index < -0.39 is 121 Å². The van der Waals surface area contributed by atoms with Gasteiger partial charge in [-0.1, -0.05) is 137 Å². The summed E-state index contributed by atoms with van der Waals surface area (Å²) in [6.07, 6.45) is 16.0. The van der Waals surface area contributed by atoms with Gasteiger partial charge in [0.05, 0.1) is 72.8 Å². The van der Waals surface area contributed by atoms with E-state index in [1.54, 1.807) is 103 Å². The van der Waals surface area contributed by atoms with E-state index in [2.05, 4.69) is 124 Å². The number of nitrogens with one attached hydrogen (secondary N) is 12. The summed E-state index contributed by atoms with van der Waals surface area (Å²) in [5, 5.41) is 43.1. The number of likely N-dealkylation sites (tertiary alicyclic amines) is 4. The van der Waals surface area contributed by atoms with E-state index in [1.165, 1.54) is 22.3 Å². The number of unbranched alkanes of at least 4 members (excludes halogenated alkanes) is 3. The van der Waals surface area contributed by atoms with Crippen LogP contribution in [0.3, 0.4) is 0 Å². The largest absolute Gasteiger partial charge is 0.400 e. The van der Waals surface area contributed by atoms with Crippen molar-refractivity contribution in [3.8, 4) is 23.7 Å². The second-order valence-corrected chi connectivity index (χ2v) is 37.6. The molecule has 0 saturated carbocycles. The van der Waals surface area contributed by atoms with Gasteiger partial charge in [-0.15, -0.1) is 0 Å². The minimum atomic E-state index is -1.09. The van der Waals surface area contributed by atoms with E-state index in [0.717, 1.165) is 119 Å². The molecule has 4 aromatic carbocycles. The number of aliphatic hydroxyl groups excluding tert-OH is 1. The van der Waals surface area contributed by atoms with Crippen LogP contribution >= 0.6 is 0 Å². The second kappa shape index (κ2) is 58.0. The van der Waals surface area contributed by atoms with Gasteiger partial charge in [0, 0.05) is 46.5 Å². The zero-order valence-corrected chi connectivity index (χ0v) is 83.2. The molecule has 12 amide bonds. The topological polar surface area (TPSA) is 419 Å². The maximum absolute atomic E-state index is 14.3. The van der Waals surface area contributed by atoms with Crippen LogP contribution in [0.2, 0.25) is 0 Å². The Bertz CT molecular complexity index is 4580. The highest BCUT2D eigenvalue weighted by Gasteiger charge is 2.47. The van der Waals surface area contributed by atoms with Gasteiger partial charge in [0.15, 0.2) is 0 Å². The quantitative estimate of drug-likeness (QED) is 0.0155. The zero-order valence-electron chi connectivity index (χ0n) is 83.2. The lowest BCUT2D eigenvalue weighted by molar-refractivity contribution is -0.145. The van der Waals surface area contributed by atoms with E-state index >= 15 is 0 Å². The maximum Gasteiger partial charge on any atom is 0.248 e. The Morgan fingerprint density at radius 1 is 0.321 bits per heavy atom. The molecule has 4 fully saturated rings. The van der Waals surface area contributed by atoms with Crippen LogP contribution in [0.25, 0.3) is 0 Å². The van der Waals surface area contributed by atoms with Gasteiger partial charge >= 0.3 is 0 Å². The molecule has 12 rings (SSSR count). The SMILES string of the molecule is C.C.CN[C@@H](C)C(=O)N[C@H](C(=O)N1CCC[C@H]1C(=O)N[C@@H]1CCCc2ccccc21)C(C)OCC#CC#CCOC(C)[C@H](NC(=O)[C@H](C)NC)C(=O)N1CCC[C@H]1C(=O)N[C@@H]1CCCc2ccccc21.CN[C@@H](C)C(=O)N[C@H](C(=O)N1CCC[C@H]1C(=O)N[C@@H]1CCCc2ccccc21)C(C)OCCCCCCOC(C)[C@H](NC(=O)[C@H](C)NC)C(=O)N1CCC[C@H]1C(=O)N[C@@H]1CCCc2ccccc21.CO. The minimum absolute atomic E-state index is 0. The molecule has 33 nitrogen and oxygen atoms in total. The molecule has 8 aliphatic rings. The predicted octanol–water partition coefficient (Wildman–Crippen LogP) is 7.15. The molecule has 0 spiro atoms. The molecule has 20 atom stereocenters. The van der Waals surface area contributed by atoms with Crippen molar-refractivity contribution in [2.45, 2.75) is 345 Å². The number of nitrogens with zero attached hydrogens (tertiary/aromatic N) is 4. The van der Waals surface area contributed by atoms with Crippen molar-refractivity contribution in [2.24, 2.45) is 0 Å². The molecule has 33 heteroatoms. The van der Waals surface area contributed by atoms with Gasteiger partial charge in [-0.2, -0.15) is 0 Å². The van der Waals surface area contributed by atoms with Gasteiger partial charge in [0.2, 0.25) is 70.9 Å². The minimum Gasteiger partial charge on any atom is -0.400 e. The number of carbonyl (C=O) groups is 12. The highest BCUT2D eigenvalue weighted by atomic mass is 16.5. The number of likely N-dealkylation sites (N-methyl/N-ethyl adjacent to an activating group) is 4. The fourth-order valence-corrected chi connectivity index (χ4v) is 19.8. The van der Waals surface area contributed by atoms with Crippen LogP contribution in [-0.4, -0.2) is 280 Å². The molecule has 0 aromatic heterocycles. The standard InChI is InChI=1S/C52H78N8O8.C52H70N8O8.CH4O.2CH4/c2*1-33(53-5)47(61)57-45(51(65)59-29-17-27-43(59)49(63)55-41-25-15-21-37-19-9-11-23-39(37)41)35(3)67-31-13-7-8-14-32-68-36(4)46(58-48(62)34(2)54-6)52(66)60-30-18-28-44(60)50(64)56-42-26-16-22-38-20-10-12-24-40(38)42;1-2;;/h9-12,19-20,23-24,33-36,41-46,53-54H,7-8,13-18,21-22,25-32H2,1-6H3,(H,55,63)(H,56,64)(H,57,61)(H,58,62);9-12,19-20,23-24,33-36,41-46,53-54H,15-18,21-22,25-32H2,1-6H3,(H,55,63)(H,56,64)(H,57,61)(H,58,62);2H,1H3;2*1H4/t2*33-,34-,35?,36?,41+,42+,43-,44-,45-,46-;;;/m00.../s1. The third-order valence-corrected chi connectivity index (χ3v) is 28.4. The van der Waals surface area contributed by atoms with Crippen molar-refractivity contribution < 1.29 is 81.6 Å². The van der Waals surface area contributed by atoms with Crippen molar-refractivity contribution in [3.63, 3.8) is 0 Å². The molecular weight excluding hydrogens is 1780 g/mol. The number of ether oxygens (including phenoxy) is 4. The normalized spacial score (nSPS) is 21.8. The molecule has 4 heterocycles. The first-order valence-electron chi connectivity index (χ1n) is 50.2. The van der Waals surface area contributed by atoms with Gasteiger partial charge in [0.25, 0.3) is 0 Å². The summed E-state index contributed by atoms with van der Waals surface area (Å²) in [6, 6.07) is 23.2. The molecule has 4 saturated heterocycles. The number of amides is 12. The third kappa shape index (κ3) is 31.1. The number of hydrogen-bond acceptors (Lipinski definition) is 21. The fraction of sp³-hybridized carbons (Fsp3) is 0.626. The van der Waals surface area contributed by atoms with Crippen molar-refractivity contribution in [1.29, 1.82) is 0 Å². The van der Waals surface area contributed by atoms with Crippen LogP contribution in [-0.2, 0) is 102 Å². The lowest BCUT2D eigenvalue weighted by Gasteiger charge is -2.33. The smallest absolute Gasteiger partial charge is 0.248 e. The van der Waals surface area contributed by atoms with Crippen LogP contribution in [0.1, 0.15) is 267 Å². The molecule has 4 unspecified atom stereocenters. The molecule has 140 heavy (non-hydrogen) atoms. The van der Waals surface area contributed by atoms with Crippen LogP contribution < -0.4 is 63.8 Å². The lowest BCUT2D eigenvalue weighted by Crippen LogP contribution is -2.59. The predicted molar refractivity (Wildman–Crippen MR) is 539 cm³/mol. The van der Waals surface area contributed by atoms with Gasteiger partial charge < -0.3 is 107 Å². The monoisotopic (exact) mass is 1940 g/mol. The molecule has 13 N–H and O–H groups in total. The van der Waals surface area contributed by atoms with E-state index in [1.807, 2.05) is 60.7 Å². The van der Waals surface area contributed by atoms with Crippen LogP contribution in [0.5, 0.6) is 0 Å². The number of aliphatic hydroxyl groups is 1. The highest BCUT2D eigenvalue weighted by Crippen LogP contribution is 2.36. The summed E-state index contributed by atoms with van der Waals surface area (Å²) >= 11 is 0. The van der Waals surface area contributed by atoms with Crippen molar-refractivity contribution >= 4 is 70.9 Å². The van der Waals surface area contributed by atoms with E-state index in [4.69, 9.17) is 24.1 Å². The number of benzene rings is 4. The summed E-state index contributed by atoms with van der Waals surface area (Å²) in [4.78, 5) is 171. The number of hydrogen-bond donors (Lipinski definition) is 13. The maximum atomic E-state index is 14.3. The summed E-state index contributed by atoms with van der Waals surface area (Å²) in [7, 11) is 7.67. The second-order valence-electron chi connectivity index (χ2n) is 37.6. The zero-order chi connectivity index (χ0) is 99.5. The molecule has 770 valence electrons. The van der Waals surface area contributed by atoms with Gasteiger partial charge in [-0.05, 0) is 281 Å². The third-order valence-electron chi connectivity index (χ3n) is 28.4. The summed E-state index contributed by atoms with van der Waals surface area (Å²) in [5.41, 5.74) is 9.43. The molecular formula is C107H160N16O17. The lowest BCUT2D eigenvalue weighted by atomic mass is 9.87. The Hall–Kier alpha value is -10.7. The molecule has 4 aliphatic carbocycles. The van der Waals surface area contributed by atoms with E-state index in [9.17, 15) is 57.5 Å². The van der Waals surface area contributed by atoms with Gasteiger partial charge in [-0.25, -0.2) is 0 Å². The molecule has 4 aromatic rings. The summed E-state index contributed by atoms with van der Waals surface area (Å²) in [6.45, 7) is 15.8.